The molecular weight excluding hydrogens is 354 g/mol. The second-order valence-electron chi connectivity index (χ2n) is 6.32. The van der Waals surface area contributed by atoms with Gasteiger partial charge in [0.25, 0.3) is 0 Å². The molecule has 5 heteroatoms. The van der Waals surface area contributed by atoms with Crippen LogP contribution < -0.4 is 10.1 Å². The molecule has 0 saturated carbocycles. The Balaban J connectivity index is 2.15. The average molecular weight is 386 g/mol. The van der Waals surface area contributed by atoms with Crippen LogP contribution in [0.2, 0.25) is 0 Å². The second kappa shape index (κ2) is 10.9. The maximum Gasteiger partial charge on any atom is 0.173 e. The molecule has 0 unspecified atom stereocenters. The summed E-state index contributed by atoms with van der Waals surface area (Å²) in [4.78, 5) is 4.60. The van der Waals surface area contributed by atoms with Gasteiger partial charge in [-0.25, -0.2) is 0 Å². The van der Waals surface area contributed by atoms with Crippen molar-refractivity contribution in [3.8, 4) is 16.9 Å². The Labute approximate surface area is 169 Å². The quantitative estimate of drug-likeness (QED) is 0.630. The van der Waals surface area contributed by atoms with E-state index in [0.29, 0.717) is 0 Å². The topological polar surface area (TPSA) is 27.7 Å². The third-order valence-electron chi connectivity index (χ3n) is 4.80. The third kappa shape index (κ3) is 5.94. The Morgan fingerprint density at radius 1 is 0.926 bits per heavy atom. The summed E-state index contributed by atoms with van der Waals surface area (Å²) < 4.78 is 5.53. The molecule has 0 aliphatic rings. The van der Waals surface area contributed by atoms with E-state index in [2.05, 4.69) is 60.2 Å². The standard InChI is InChI=1S/C22H31N3OS/c1-5-24(6-2)15-16-25(7-3)22(27)23-20-17-19(13-14-21(20)26-4)18-11-9-8-10-12-18/h8-14,17H,5-7,15-16H2,1-4H3,(H,23,27). The van der Waals surface area contributed by atoms with Crippen LogP contribution in [0.1, 0.15) is 20.8 Å². The Morgan fingerprint density at radius 2 is 1.63 bits per heavy atom. The second-order valence-corrected chi connectivity index (χ2v) is 6.70. The molecule has 0 atom stereocenters. The summed E-state index contributed by atoms with van der Waals surface area (Å²) >= 11 is 5.69. The third-order valence-corrected chi connectivity index (χ3v) is 5.16. The van der Waals surface area contributed by atoms with Crippen molar-refractivity contribution in [3.63, 3.8) is 0 Å². The van der Waals surface area contributed by atoms with Gasteiger partial charge in [-0.15, -0.1) is 0 Å². The van der Waals surface area contributed by atoms with Crippen molar-refractivity contribution in [2.75, 3.05) is 45.2 Å². The van der Waals surface area contributed by atoms with Gasteiger partial charge in [-0.3, -0.25) is 0 Å². The van der Waals surface area contributed by atoms with E-state index in [4.69, 9.17) is 17.0 Å². The van der Waals surface area contributed by atoms with Gasteiger partial charge in [-0.1, -0.05) is 50.2 Å². The lowest BCUT2D eigenvalue weighted by atomic mass is 10.0. The van der Waals surface area contributed by atoms with Crippen molar-refractivity contribution < 1.29 is 4.74 Å². The van der Waals surface area contributed by atoms with Crippen molar-refractivity contribution in [2.24, 2.45) is 0 Å². The molecular formula is C22H31N3OS. The molecule has 1 N–H and O–H groups in total. The summed E-state index contributed by atoms with van der Waals surface area (Å²) in [5, 5.41) is 4.13. The summed E-state index contributed by atoms with van der Waals surface area (Å²) in [5.74, 6) is 0.789. The van der Waals surface area contributed by atoms with Crippen LogP contribution in [0.4, 0.5) is 5.69 Å². The number of nitrogens with one attached hydrogen (secondary N) is 1. The highest BCUT2D eigenvalue weighted by molar-refractivity contribution is 7.80. The SMILES string of the molecule is CCN(CC)CCN(CC)C(=S)Nc1cc(-c2ccccc2)ccc1OC. The lowest BCUT2D eigenvalue weighted by molar-refractivity contribution is 0.272. The minimum Gasteiger partial charge on any atom is -0.495 e. The zero-order valence-corrected chi connectivity index (χ0v) is 17.7. The number of likely N-dealkylation sites (N-methyl/N-ethyl adjacent to an activating group) is 2. The number of thiocarbonyl (C=S) groups is 1. The van der Waals surface area contributed by atoms with Crippen LogP contribution >= 0.6 is 12.2 Å². The van der Waals surface area contributed by atoms with Crippen molar-refractivity contribution in [1.82, 2.24) is 9.80 Å². The molecule has 2 aromatic carbocycles. The Bertz CT molecular complexity index is 717. The minimum atomic E-state index is 0.730. The Hall–Kier alpha value is -2.11. The first-order chi connectivity index (χ1) is 13.1. The van der Waals surface area contributed by atoms with Crippen molar-refractivity contribution in [2.45, 2.75) is 20.8 Å². The molecule has 0 fully saturated rings. The summed E-state index contributed by atoms with van der Waals surface area (Å²) in [6, 6.07) is 16.5. The van der Waals surface area contributed by atoms with Crippen molar-refractivity contribution >= 4 is 23.0 Å². The highest BCUT2D eigenvalue weighted by Gasteiger charge is 2.13. The molecule has 0 spiro atoms. The molecule has 4 nitrogen and oxygen atoms in total. The first-order valence-electron chi connectivity index (χ1n) is 9.64. The van der Waals surface area contributed by atoms with Gasteiger partial charge >= 0.3 is 0 Å². The zero-order chi connectivity index (χ0) is 19.6. The van der Waals surface area contributed by atoms with Gasteiger partial charge in [0.05, 0.1) is 12.8 Å². The highest BCUT2D eigenvalue weighted by atomic mass is 32.1. The van der Waals surface area contributed by atoms with Crippen LogP contribution in [0.5, 0.6) is 5.75 Å². The predicted octanol–water partition coefficient (Wildman–Crippen LogP) is 4.72. The molecule has 2 rings (SSSR count). The van der Waals surface area contributed by atoms with Crippen LogP contribution in [-0.4, -0.2) is 54.7 Å². The van der Waals surface area contributed by atoms with E-state index in [1.165, 1.54) is 5.56 Å². The normalized spacial score (nSPS) is 10.7. The number of hydrogen-bond acceptors (Lipinski definition) is 3. The van der Waals surface area contributed by atoms with Gasteiger partial charge in [0.15, 0.2) is 5.11 Å². The van der Waals surface area contributed by atoms with Crippen molar-refractivity contribution in [3.05, 3.63) is 48.5 Å². The van der Waals surface area contributed by atoms with E-state index in [1.54, 1.807) is 7.11 Å². The molecule has 0 bridgehead atoms. The van der Waals surface area contributed by atoms with E-state index in [1.807, 2.05) is 24.3 Å². The fourth-order valence-corrected chi connectivity index (χ4v) is 3.35. The summed E-state index contributed by atoms with van der Waals surface area (Å²) in [6.45, 7) is 11.4. The van der Waals surface area contributed by atoms with Gasteiger partial charge < -0.3 is 19.9 Å². The van der Waals surface area contributed by atoms with E-state index in [0.717, 1.165) is 54.8 Å². The summed E-state index contributed by atoms with van der Waals surface area (Å²) in [6.07, 6.45) is 0. The van der Waals surface area contributed by atoms with Gasteiger partial charge in [0.1, 0.15) is 5.75 Å². The number of anilines is 1. The van der Waals surface area contributed by atoms with E-state index < -0.39 is 0 Å². The minimum absolute atomic E-state index is 0.730. The number of benzene rings is 2. The summed E-state index contributed by atoms with van der Waals surface area (Å²) in [5.41, 5.74) is 3.20. The molecule has 2 aromatic rings. The summed E-state index contributed by atoms with van der Waals surface area (Å²) in [7, 11) is 1.68. The van der Waals surface area contributed by atoms with Crippen molar-refractivity contribution in [1.29, 1.82) is 0 Å². The molecule has 0 aromatic heterocycles. The maximum absolute atomic E-state index is 5.69. The molecule has 146 valence electrons. The number of methoxy groups -OCH3 is 1. The fourth-order valence-electron chi connectivity index (χ4n) is 3.02. The van der Waals surface area contributed by atoms with Crippen LogP contribution in [-0.2, 0) is 0 Å². The number of ether oxygens (including phenoxy) is 1. The average Bonchev–Trinajstić information content (AvgIpc) is 2.72. The van der Waals surface area contributed by atoms with E-state index in [-0.39, 0.29) is 0 Å². The fraction of sp³-hybridized carbons (Fsp3) is 0.409. The molecule has 0 amide bonds. The van der Waals surface area contributed by atoms with Gasteiger partial charge in [0.2, 0.25) is 0 Å². The highest BCUT2D eigenvalue weighted by Crippen LogP contribution is 2.30. The van der Waals surface area contributed by atoms with Crippen LogP contribution in [0.3, 0.4) is 0 Å². The number of hydrogen-bond donors (Lipinski definition) is 1. The maximum atomic E-state index is 5.69. The van der Waals surface area contributed by atoms with Crippen LogP contribution in [0.25, 0.3) is 11.1 Å². The van der Waals surface area contributed by atoms with Gasteiger partial charge in [-0.05, 0) is 55.5 Å². The monoisotopic (exact) mass is 385 g/mol. The first-order valence-corrected chi connectivity index (χ1v) is 10.0. The zero-order valence-electron chi connectivity index (χ0n) is 16.9. The molecule has 0 aliphatic carbocycles. The van der Waals surface area contributed by atoms with E-state index >= 15 is 0 Å². The van der Waals surface area contributed by atoms with Crippen LogP contribution in [0.15, 0.2) is 48.5 Å². The molecule has 0 radical (unpaired) electrons. The smallest absolute Gasteiger partial charge is 0.173 e. The molecule has 27 heavy (non-hydrogen) atoms. The van der Waals surface area contributed by atoms with E-state index in [9.17, 15) is 0 Å². The number of nitrogens with zero attached hydrogens (tertiary/aromatic N) is 2. The van der Waals surface area contributed by atoms with Crippen LogP contribution in [0, 0.1) is 0 Å². The van der Waals surface area contributed by atoms with Gasteiger partial charge in [0, 0.05) is 19.6 Å². The lowest BCUT2D eigenvalue weighted by Crippen LogP contribution is -2.40. The molecule has 0 aliphatic heterocycles. The molecule has 0 heterocycles. The largest absolute Gasteiger partial charge is 0.495 e. The predicted molar refractivity (Wildman–Crippen MR) is 120 cm³/mol. The Morgan fingerprint density at radius 3 is 2.22 bits per heavy atom. The first kappa shape index (κ1) is 21.2. The molecule has 0 saturated heterocycles. The lowest BCUT2D eigenvalue weighted by Gasteiger charge is -2.28. The number of rotatable bonds is 9. The van der Waals surface area contributed by atoms with Gasteiger partial charge in [-0.2, -0.15) is 0 Å². The Kier molecular flexibility index (Phi) is 8.55.